The Kier molecular flexibility index (Phi) is 4.06. The monoisotopic (exact) mass is 311 g/mol. The SMILES string of the molecule is CN(Cc1ccc(C(=O)O)cc1)C(=O)c1ccnc(C2CC2)n1. The Bertz CT molecular complexity index is 739. The molecule has 1 saturated carbocycles. The number of nitrogens with zero attached hydrogens (tertiary/aromatic N) is 3. The number of carbonyl (C=O) groups excluding carboxylic acids is 1. The summed E-state index contributed by atoms with van der Waals surface area (Å²) in [4.78, 5) is 33.4. The third kappa shape index (κ3) is 3.53. The van der Waals surface area contributed by atoms with Crippen molar-refractivity contribution < 1.29 is 14.7 Å². The highest BCUT2D eigenvalue weighted by Gasteiger charge is 2.27. The maximum atomic E-state index is 12.5. The van der Waals surface area contributed by atoms with Crippen LogP contribution in [0.5, 0.6) is 0 Å². The van der Waals surface area contributed by atoms with Gasteiger partial charge >= 0.3 is 5.97 Å². The zero-order chi connectivity index (χ0) is 16.4. The first-order valence-electron chi connectivity index (χ1n) is 7.45. The molecule has 1 amide bonds. The fraction of sp³-hybridized carbons (Fsp3) is 0.294. The number of carbonyl (C=O) groups is 2. The van der Waals surface area contributed by atoms with E-state index < -0.39 is 5.97 Å². The van der Waals surface area contributed by atoms with Gasteiger partial charge in [0.05, 0.1) is 5.56 Å². The predicted molar refractivity (Wildman–Crippen MR) is 83.2 cm³/mol. The number of benzene rings is 1. The Morgan fingerprint density at radius 2 is 1.91 bits per heavy atom. The summed E-state index contributed by atoms with van der Waals surface area (Å²) in [5.74, 6) is 0.0119. The molecule has 0 saturated heterocycles. The molecule has 0 aliphatic heterocycles. The van der Waals surface area contributed by atoms with Crippen LogP contribution >= 0.6 is 0 Å². The molecular formula is C17H17N3O3. The summed E-state index contributed by atoms with van der Waals surface area (Å²) in [6.45, 7) is 0.390. The standard InChI is InChI=1S/C17H17N3O3/c1-20(10-11-2-4-13(5-3-11)17(22)23)16(21)14-8-9-18-15(19-14)12-6-7-12/h2-5,8-9,12H,6-7,10H2,1H3,(H,22,23). The lowest BCUT2D eigenvalue weighted by Gasteiger charge is -2.17. The zero-order valence-electron chi connectivity index (χ0n) is 12.8. The molecular weight excluding hydrogens is 294 g/mol. The van der Waals surface area contributed by atoms with E-state index in [2.05, 4.69) is 9.97 Å². The summed E-state index contributed by atoms with van der Waals surface area (Å²) in [7, 11) is 1.70. The lowest BCUT2D eigenvalue weighted by atomic mass is 10.1. The van der Waals surface area contributed by atoms with Gasteiger partial charge in [-0.15, -0.1) is 0 Å². The first-order chi connectivity index (χ1) is 11.0. The Hall–Kier alpha value is -2.76. The van der Waals surface area contributed by atoms with Crippen molar-refractivity contribution in [1.82, 2.24) is 14.9 Å². The van der Waals surface area contributed by atoms with Gasteiger partial charge in [0.2, 0.25) is 0 Å². The molecule has 0 unspecified atom stereocenters. The van der Waals surface area contributed by atoms with E-state index in [0.717, 1.165) is 24.2 Å². The van der Waals surface area contributed by atoms with Crippen LogP contribution in [0, 0.1) is 0 Å². The third-order valence-electron chi connectivity index (χ3n) is 3.80. The molecule has 2 aromatic rings. The molecule has 23 heavy (non-hydrogen) atoms. The first-order valence-corrected chi connectivity index (χ1v) is 7.45. The molecule has 118 valence electrons. The van der Waals surface area contributed by atoms with Gasteiger partial charge in [-0.1, -0.05) is 12.1 Å². The van der Waals surface area contributed by atoms with Gasteiger partial charge < -0.3 is 10.0 Å². The van der Waals surface area contributed by atoms with Crippen LogP contribution in [0.2, 0.25) is 0 Å². The van der Waals surface area contributed by atoms with E-state index in [-0.39, 0.29) is 11.5 Å². The van der Waals surface area contributed by atoms with Crippen molar-refractivity contribution in [3.63, 3.8) is 0 Å². The van der Waals surface area contributed by atoms with Gasteiger partial charge in [0.15, 0.2) is 0 Å². The van der Waals surface area contributed by atoms with E-state index in [1.54, 1.807) is 36.3 Å². The topological polar surface area (TPSA) is 83.4 Å². The van der Waals surface area contributed by atoms with Crippen LogP contribution in [0.4, 0.5) is 0 Å². The Morgan fingerprint density at radius 3 is 2.52 bits per heavy atom. The minimum absolute atomic E-state index is 0.170. The van der Waals surface area contributed by atoms with E-state index >= 15 is 0 Å². The predicted octanol–water partition coefficient (Wildman–Crippen LogP) is 2.32. The summed E-state index contributed by atoms with van der Waals surface area (Å²) in [6.07, 6.45) is 3.80. The van der Waals surface area contributed by atoms with Crippen molar-refractivity contribution >= 4 is 11.9 Å². The normalized spacial score (nSPS) is 13.6. The first kappa shape index (κ1) is 15.1. The van der Waals surface area contributed by atoms with Crippen LogP contribution < -0.4 is 0 Å². The van der Waals surface area contributed by atoms with E-state index in [9.17, 15) is 9.59 Å². The maximum Gasteiger partial charge on any atom is 0.335 e. The molecule has 0 bridgehead atoms. The van der Waals surface area contributed by atoms with Gasteiger partial charge in [0, 0.05) is 25.7 Å². The molecule has 0 spiro atoms. The fourth-order valence-electron chi connectivity index (χ4n) is 2.33. The summed E-state index contributed by atoms with van der Waals surface area (Å²) < 4.78 is 0. The number of hydrogen-bond donors (Lipinski definition) is 1. The summed E-state index contributed by atoms with van der Waals surface area (Å²) >= 11 is 0. The summed E-state index contributed by atoms with van der Waals surface area (Å²) in [5, 5.41) is 8.89. The fourth-order valence-corrected chi connectivity index (χ4v) is 2.33. The van der Waals surface area contributed by atoms with Crippen LogP contribution in [-0.4, -0.2) is 38.9 Å². The number of carboxylic acid groups (broad SMARTS) is 1. The van der Waals surface area contributed by atoms with Crippen molar-refractivity contribution in [2.24, 2.45) is 0 Å². The van der Waals surface area contributed by atoms with Crippen molar-refractivity contribution in [2.45, 2.75) is 25.3 Å². The van der Waals surface area contributed by atoms with Gasteiger partial charge in [-0.2, -0.15) is 0 Å². The van der Waals surface area contributed by atoms with Crippen molar-refractivity contribution in [2.75, 3.05) is 7.05 Å². The van der Waals surface area contributed by atoms with E-state index in [0.29, 0.717) is 18.2 Å². The molecule has 1 N–H and O–H groups in total. The molecule has 1 aliphatic carbocycles. The van der Waals surface area contributed by atoms with Gasteiger partial charge in [0.1, 0.15) is 11.5 Å². The summed E-state index contributed by atoms with van der Waals surface area (Å²) in [6, 6.07) is 8.11. The second kappa shape index (κ2) is 6.16. The average Bonchev–Trinajstić information content (AvgIpc) is 3.39. The molecule has 1 heterocycles. The lowest BCUT2D eigenvalue weighted by molar-refractivity contribution is 0.0695. The number of rotatable bonds is 5. The summed E-state index contributed by atoms with van der Waals surface area (Å²) in [5.41, 5.74) is 1.49. The highest BCUT2D eigenvalue weighted by molar-refractivity contribution is 5.92. The number of aromatic carboxylic acids is 1. The van der Waals surface area contributed by atoms with E-state index in [1.165, 1.54) is 12.1 Å². The number of amides is 1. The van der Waals surface area contributed by atoms with Crippen LogP contribution in [0.3, 0.4) is 0 Å². The molecule has 0 radical (unpaired) electrons. The van der Waals surface area contributed by atoms with Gasteiger partial charge in [0.25, 0.3) is 5.91 Å². The Labute approximate surface area is 133 Å². The minimum atomic E-state index is -0.963. The van der Waals surface area contributed by atoms with Crippen molar-refractivity contribution in [3.8, 4) is 0 Å². The molecule has 6 heteroatoms. The molecule has 3 rings (SSSR count). The molecule has 1 aromatic heterocycles. The molecule has 0 atom stereocenters. The van der Waals surface area contributed by atoms with Gasteiger partial charge in [-0.05, 0) is 36.6 Å². The van der Waals surface area contributed by atoms with Crippen LogP contribution in [-0.2, 0) is 6.54 Å². The largest absolute Gasteiger partial charge is 0.478 e. The quantitative estimate of drug-likeness (QED) is 0.916. The van der Waals surface area contributed by atoms with Crippen molar-refractivity contribution in [3.05, 3.63) is 59.2 Å². The highest BCUT2D eigenvalue weighted by atomic mass is 16.4. The second-order valence-corrected chi connectivity index (χ2v) is 5.74. The van der Waals surface area contributed by atoms with Crippen LogP contribution in [0.15, 0.2) is 36.5 Å². The molecule has 1 fully saturated rings. The molecule has 1 aliphatic rings. The lowest BCUT2D eigenvalue weighted by Crippen LogP contribution is -2.27. The second-order valence-electron chi connectivity index (χ2n) is 5.74. The number of aromatic nitrogens is 2. The van der Waals surface area contributed by atoms with E-state index in [4.69, 9.17) is 5.11 Å². The minimum Gasteiger partial charge on any atom is -0.478 e. The van der Waals surface area contributed by atoms with Crippen LogP contribution in [0.25, 0.3) is 0 Å². The zero-order valence-corrected chi connectivity index (χ0v) is 12.8. The smallest absolute Gasteiger partial charge is 0.335 e. The molecule has 1 aromatic carbocycles. The number of hydrogen-bond acceptors (Lipinski definition) is 4. The Morgan fingerprint density at radius 1 is 1.22 bits per heavy atom. The molecule has 6 nitrogen and oxygen atoms in total. The van der Waals surface area contributed by atoms with Crippen molar-refractivity contribution in [1.29, 1.82) is 0 Å². The average molecular weight is 311 g/mol. The van der Waals surface area contributed by atoms with Crippen LogP contribution in [0.1, 0.15) is 51.0 Å². The maximum absolute atomic E-state index is 12.5. The Balaban J connectivity index is 1.69. The third-order valence-corrected chi connectivity index (χ3v) is 3.80. The van der Waals surface area contributed by atoms with Gasteiger partial charge in [-0.3, -0.25) is 4.79 Å². The van der Waals surface area contributed by atoms with E-state index in [1.807, 2.05) is 0 Å². The van der Waals surface area contributed by atoms with Gasteiger partial charge in [-0.25, -0.2) is 14.8 Å². The number of carboxylic acids is 1. The highest BCUT2D eigenvalue weighted by Crippen LogP contribution is 2.37.